The molecule has 0 saturated carbocycles. The predicted octanol–water partition coefficient (Wildman–Crippen LogP) is 2.45. The van der Waals surface area contributed by atoms with E-state index in [-0.39, 0.29) is 11.5 Å². The maximum atomic E-state index is 6.17. The molecule has 1 heterocycles. The summed E-state index contributed by atoms with van der Waals surface area (Å²) >= 11 is 0. The Morgan fingerprint density at radius 1 is 1.30 bits per heavy atom. The van der Waals surface area contributed by atoms with Crippen LogP contribution >= 0.6 is 0 Å². The van der Waals surface area contributed by atoms with E-state index in [1.54, 1.807) is 7.11 Å². The zero-order valence-corrected chi connectivity index (χ0v) is 12.5. The molecule has 20 heavy (non-hydrogen) atoms. The summed E-state index contributed by atoms with van der Waals surface area (Å²) in [6.07, 6.45) is 0.647. The molecule has 0 spiro atoms. The lowest BCUT2D eigenvalue weighted by molar-refractivity contribution is 0.316. The van der Waals surface area contributed by atoms with E-state index in [1.807, 2.05) is 24.3 Å². The Balaban J connectivity index is 2.18. The van der Waals surface area contributed by atoms with Crippen molar-refractivity contribution < 1.29 is 4.74 Å². The van der Waals surface area contributed by atoms with E-state index in [1.165, 1.54) is 0 Å². The average molecular weight is 274 g/mol. The first-order valence-electron chi connectivity index (χ1n) is 6.70. The molecule has 1 aromatic carbocycles. The van der Waals surface area contributed by atoms with E-state index in [0.29, 0.717) is 12.2 Å². The second-order valence-electron chi connectivity index (χ2n) is 5.97. The number of hydrogen-bond donors (Lipinski definition) is 2. The van der Waals surface area contributed by atoms with Crippen molar-refractivity contribution >= 4 is 0 Å². The van der Waals surface area contributed by atoms with Crippen molar-refractivity contribution in [2.45, 2.75) is 33.2 Å². The number of benzene rings is 1. The van der Waals surface area contributed by atoms with Gasteiger partial charge in [0.15, 0.2) is 5.82 Å². The van der Waals surface area contributed by atoms with Gasteiger partial charge in [0.25, 0.3) is 0 Å². The molecule has 0 aliphatic rings. The van der Waals surface area contributed by atoms with E-state index in [4.69, 9.17) is 10.5 Å². The summed E-state index contributed by atoms with van der Waals surface area (Å²) in [6.45, 7) is 6.23. The molecule has 0 amide bonds. The Hall–Kier alpha value is -1.88. The minimum atomic E-state index is -0.190. The highest BCUT2D eigenvalue weighted by Gasteiger charge is 2.25. The third-order valence-corrected chi connectivity index (χ3v) is 3.31. The molecule has 0 bridgehead atoms. The molecule has 0 radical (unpaired) electrons. The van der Waals surface area contributed by atoms with Gasteiger partial charge in [-0.05, 0) is 11.5 Å². The Bertz CT molecular complexity index is 571. The van der Waals surface area contributed by atoms with Crippen molar-refractivity contribution in [3.05, 3.63) is 41.5 Å². The SMILES string of the molecule is COc1ccccc1Cc1nc([C@@H](N)C(C)(C)C)n[nH]1. The van der Waals surface area contributed by atoms with Gasteiger partial charge in [-0.2, -0.15) is 5.10 Å². The smallest absolute Gasteiger partial charge is 0.167 e. The van der Waals surface area contributed by atoms with Crippen LogP contribution in [0.5, 0.6) is 5.75 Å². The molecule has 5 heteroatoms. The third kappa shape index (κ3) is 3.17. The highest BCUT2D eigenvalue weighted by Crippen LogP contribution is 2.28. The summed E-state index contributed by atoms with van der Waals surface area (Å²) in [7, 11) is 1.67. The number of H-pyrrole nitrogens is 1. The summed E-state index contributed by atoms with van der Waals surface area (Å²) in [6, 6.07) is 7.70. The number of nitrogens with zero attached hydrogens (tertiary/aromatic N) is 2. The van der Waals surface area contributed by atoms with Gasteiger partial charge in [-0.15, -0.1) is 0 Å². The van der Waals surface area contributed by atoms with E-state index >= 15 is 0 Å². The molecular weight excluding hydrogens is 252 g/mol. The predicted molar refractivity (Wildman–Crippen MR) is 78.6 cm³/mol. The summed E-state index contributed by atoms with van der Waals surface area (Å²) in [5, 5.41) is 7.19. The van der Waals surface area contributed by atoms with Gasteiger partial charge in [-0.3, -0.25) is 5.10 Å². The molecule has 0 aliphatic heterocycles. The van der Waals surface area contributed by atoms with Gasteiger partial charge in [-0.25, -0.2) is 4.98 Å². The minimum Gasteiger partial charge on any atom is -0.496 e. The van der Waals surface area contributed by atoms with Crippen LogP contribution in [0.2, 0.25) is 0 Å². The maximum Gasteiger partial charge on any atom is 0.167 e. The number of rotatable bonds is 4. The van der Waals surface area contributed by atoms with Gasteiger partial charge < -0.3 is 10.5 Å². The van der Waals surface area contributed by atoms with Crippen molar-refractivity contribution in [3.63, 3.8) is 0 Å². The van der Waals surface area contributed by atoms with Crippen LogP contribution in [0.25, 0.3) is 0 Å². The fraction of sp³-hybridized carbons (Fsp3) is 0.467. The van der Waals surface area contributed by atoms with Crippen molar-refractivity contribution in [1.82, 2.24) is 15.2 Å². The lowest BCUT2D eigenvalue weighted by atomic mass is 9.87. The largest absolute Gasteiger partial charge is 0.496 e. The number of nitrogens with two attached hydrogens (primary N) is 1. The summed E-state index contributed by atoms with van der Waals surface area (Å²) in [5.74, 6) is 2.30. The first-order chi connectivity index (χ1) is 9.41. The number of aromatic amines is 1. The van der Waals surface area contributed by atoms with Gasteiger partial charge in [0.05, 0.1) is 13.2 Å². The molecule has 5 nitrogen and oxygen atoms in total. The lowest BCUT2D eigenvalue weighted by Gasteiger charge is -2.24. The standard InChI is InChI=1S/C15H22N4O/c1-15(2,3)13(16)14-17-12(18-19-14)9-10-7-5-6-8-11(10)20-4/h5-8,13H,9,16H2,1-4H3,(H,17,18,19)/t13-/m1/s1. The average Bonchev–Trinajstić information content (AvgIpc) is 2.86. The molecular formula is C15H22N4O. The molecule has 0 fully saturated rings. The van der Waals surface area contributed by atoms with Crippen LogP contribution in [0.1, 0.15) is 44.0 Å². The van der Waals surface area contributed by atoms with Gasteiger partial charge in [-0.1, -0.05) is 39.0 Å². The van der Waals surface area contributed by atoms with Crippen LogP contribution in [0.3, 0.4) is 0 Å². The second kappa shape index (κ2) is 5.63. The quantitative estimate of drug-likeness (QED) is 0.897. The molecule has 108 valence electrons. The monoisotopic (exact) mass is 274 g/mol. The van der Waals surface area contributed by atoms with Crippen molar-refractivity contribution in [2.75, 3.05) is 7.11 Å². The molecule has 1 aromatic heterocycles. The van der Waals surface area contributed by atoms with Crippen molar-refractivity contribution in [2.24, 2.45) is 11.1 Å². The van der Waals surface area contributed by atoms with E-state index in [0.717, 1.165) is 17.1 Å². The van der Waals surface area contributed by atoms with Crippen LogP contribution in [-0.4, -0.2) is 22.3 Å². The zero-order valence-electron chi connectivity index (χ0n) is 12.5. The van der Waals surface area contributed by atoms with Crippen molar-refractivity contribution in [3.8, 4) is 5.75 Å². The normalized spacial score (nSPS) is 13.2. The highest BCUT2D eigenvalue weighted by atomic mass is 16.5. The first-order valence-corrected chi connectivity index (χ1v) is 6.70. The molecule has 3 N–H and O–H groups in total. The van der Waals surface area contributed by atoms with E-state index < -0.39 is 0 Å². The molecule has 2 rings (SSSR count). The summed E-state index contributed by atoms with van der Waals surface area (Å²) in [4.78, 5) is 4.50. The Kier molecular flexibility index (Phi) is 4.09. The van der Waals surface area contributed by atoms with E-state index in [9.17, 15) is 0 Å². The maximum absolute atomic E-state index is 6.17. The van der Waals surface area contributed by atoms with Crippen LogP contribution in [0.15, 0.2) is 24.3 Å². The Morgan fingerprint density at radius 2 is 2.00 bits per heavy atom. The Labute approximate surface area is 119 Å². The number of hydrogen-bond acceptors (Lipinski definition) is 4. The van der Waals surface area contributed by atoms with Gasteiger partial charge >= 0.3 is 0 Å². The van der Waals surface area contributed by atoms with Gasteiger partial charge in [0.2, 0.25) is 0 Å². The first kappa shape index (κ1) is 14.5. The lowest BCUT2D eigenvalue weighted by Crippen LogP contribution is -2.27. The highest BCUT2D eigenvalue weighted by molar-refractivity contribution is 5.35. The topological polar surface area (TPSA) is 76.8 Å². The number of nitrogens with one attached hydrogen (secondary N) is 1. The summed E-state index contributed by atoms with van der Waals surface area (Å²) < 4.78 is 5.34. The fourth-order valence-corrected chi connectivity index (χ4v) is 1.94. The second-order valence-corrected chi connectivity index (χ2v) is 5.97. The molecule has 1 atom stereocenters. The van der Waals surface area contributed by atoms with E-state index in [2.05, 4.69) is 36.0 Å². The number of para-hydroxylation sites is 1. The minimum absolute atomic E-state index is 0.0656. The third-order valence-electron chi connectivity index (χ3n) is 3.31. The summed E-state index contributed by atoms with van der Waals surface area (Å²) in [5.41, 5.74) is 7.17. The number of ether oxygens (including phenoxy) is 1. The Morgan fingerprint density at radius 3 is 2.65 bits per heavy atom. The number of methoxy groups -OCH3 is 1. The molecule has 0 saturated heterocycles. The van der Waals surface area contributed by atoms with Gasteiger partial charge in [0, 0.05) is 12.0 Å². The van der Waals surface area contributed by atoms with Crippen LogP contribution in [0, 0.1) is 5.41 Å². The van der Waals surface area contributed by atoms with Crippen LogP contribution in [-0.2, 0) is 6.42 Å². The van der Waals surface area contributed by atoms with Crippen molar-refractivity contribution in [1.29, 1.82) is 0 Å². The number of aromatic nitrogens is 3. The molecule has 2 aromatic rings. The zero-order chi connectivity index (χ0) is 14.8. The van der Waals surface area contributed by atoms with Gasteiger partial charge in [0.1, 0.15) is 11.6 Å². The van der Waals surface area contributed by atoms with Crippen LogP contribution < -0.4 is 10.5 Å². The fourth-order valence-electron chi connectivity index (χ4n) is 1.94. The molecule has 0 unspecified atom stereocenters. The van der Waals surface area contributed by atoms with Crippen LogP contribution in [0.4, 0.5) is 0 Å². The molecule has 0 aliphatic carbocycles.